The largest absolute Gasteiger partial charge is 0.493 e. The summed E-state index contributed by atoms with van der Waals surface area (Å²) in [5.74, 6) is 3.41. The van der Waals surface area contributed by atoms with Crippen LogP contribution in [0.25, 0.3) is 0 Å². The number of hydrogen-bond acceptors (Lipinski definition) is 3. The van der Waals surface area contributed by atoms with E-state index in [4.69, 9.17) is 9.47 Å². The molecule has 1 aliphatic rings. The fourth-order valence-corrected chi connectivity index (χ4v) is 4.81. The van der Waals surface area contributed by atoms with Crippen molar-refractivity contribution in [1.29, 1.82) is 0 Å². The average Bonchev–Trinajstić information content (AvgIpc) is 2.49. The van der Waals surface area contributed by atoms with Gasteiger partial charge in [0.05, 0.1) is 5.76 Å². The first-order valence-corrected chi connectivity index (χ1v) is 10.9. The molecular formula is C24H44O3. The molecule has 0 aliphatic heterocycles. The van der Waals surface area contributed by atoms with Crippen LogP contribution in [0.5, 0.6) is 0 Å². The van der Waals surface area contributed by atoms with Crippen molar-refractivity contribution in [3.8, 4) is 0 Å². The van der Waals surface area contributed by atoms with E-state index in [2.05, 4.69) is 41.2 Å². The second-order valence-corrected chi connectivity index (χ2v) is 10.3. The van der Waals surface area contributed by atoms with E-state index in [0.29, 0.717) is 24.2 Å². The fourth-order valence-electron chi connectivity index (χ4n) is 4.81. The van der Waals surface area contributed by atoms with E-state index in [1.807, 2.05) is 20.8 Å². The molecule has 0 amide bonds. The molecule has 1 rings (SSSR count). The maximum absolute atomic E-state index is 12.2. The van der Waals surface area contributed by atoms with Gasteiger partial charge in [-0.25, -0.2) is 0 Å². The van der Waals surface area contributed by atoms with Crippen LogP contribution in [0.4, 0.5) is 0 Å². The first-order chi connectivity index (χ1) is 12.4. The summed E-state index contributed by atoms with van der Waals surface area (Å²) >= 11 is 0. The number of hydrogen-bond donors (Lipinski definition) is 0. The minimum absolute atomic E-state index is 0.0630. The van der Waals surface area contributed by atoms with Gasteiger partial charge in [-0.1, -0.05) is 33.3 Å². The Morgan fingerprint density at radius 3 is 1.93 bits per heavy atom. The van der Waals surface area contributed by atoms with Gasteiger partial charge >= 0.3 is 5.97 Å². The Hall–Kier alpha value is -0.990. The molecule has 0 aromatic carbocycles. The molecule has 1 saturated carbocycles. The van der Waals surface area contributed by atoms with E-state index < -0.39 is 5.60 Å². The highest BCUT2D eigenvalue weighted by atomic mass is 16.6. The van der Waals surface area contributed by atoms with E-state index in [9.17, 15) is 4.79 Å². The molecule has 0 spiro atoms. The highest BCUT2D eigenvalue weighted by molar-refractivity contribution is 5.69. The van der Waals surface area contributed by atoms with Gasteiger partial charge in [0.15, 0.2) is 0 Å². The van der Waals surface area contributed by atoms with Gasteiger partial charge in [0.1, 0.15) is 11.2 Å². The lowest BCUT2D eigenvalue weighted by Crippen LogP contribution is -2.36. The van der Waals surface area contributed by atoms with Crippen LogP contribution in [-0.4, -0.2) is 17.2 Å². The van der Waals surface area contributed by atoms with Gasteiger partial charge in [0, 0.05) is 12.8 Å². The summed E-state index contributed by atoms with van der Waals surface area (Å²) in [6, 6.07) is 0. The molecule has 1 aliphatic carbocycles. The standard InChI is InChI=1S/C24H44O3/c1-10-18-12-13-19(14-15-22(25)27-24(7,8)9)20(11-2)21(18)16-17(3)26-23(4,5)6/h18-21H,3,10-16H2,1-2,4-9H3. The average molecular weight is 381 g/mol. The molecule has 0 aromatic rings. The zero-order valence-corrected chi connectivity index (χ0v) is 19.2. The number of carbonyl (C=O) groups excluding carboxylic acids is 1. The first-order valence-electron chi connectivity index (χ1n) is 10.9. The summed E-state index contributed by atoms with van der Waals surface area (Å²) in [5.41, 5.74) is -0.586. The van der Waals surface area contributed by atoms with Gasteiger partial charge < -0.3 is 9.47 Å². The lowest BCUT2D eigenvalue weighted by atomic mass is 9.62. The van der Waals surface area contributed by atoms with Crippen molar-refractivity contribution in [2.45, 2.75) is 112 Å². The van der Waals surface area contributed by atoms with E-state index in [-0.39, 0.29) is 11.6 Å². The molecule has 3 heteroatoms. The molecule has 1 fully saturated rings. The number of rotatable bonds is 8. The predicted molar refractivity (Wildman–Crippen MR) is 113 cm³/mol. The second kappa shape index (κ2) is 9.98. The molecule has 0 aromatic heterocycles. The normalized spacial score (nSPS) is 26.5. The van der Waals surface area contributed by atoms with Crippen LogP contribution >= 0.6 is 0 Å². The zero-order chi connectivity index (χ0) is 20.8. The molecule has 158 valence electrons. The Balaban J connectivity index is 2.76. The summed E-state index contributed by atoms with van der Waals surface area (Å²) in [4.78, 5) is 12.2. The molecule has 0 heterocycles. The third-order valence-electron chi connectivity index (χ3n) is 5.72. The predicted octanol–water partition coefficient (Wildman–Crippen LogP) is 6.91. The SMILES string of the molecule is C=C(CC1C(CC)CCC(CCC(=O)OC(C)(C)C)C1CC)OC(C)(C)C. The van der Waals surface area contributed by atoms with Crippen molar-refractivity contribution in [3.63, 3.8) is 0 Å². The maximum atomic E-state index is 12.2. The summed E-state index contributed by atoms with van der Waals surface area (Å²) in [7, 11) is 0. The van der Waals surface area contributed by atoms with Crippen LogP contribution in [0.2, 0.25) is 0 Å². The number of allylic oxidation sites excluding steroid dienone is 1. The lowest BCUT2D eigenvalue weighted by Gasteiger charge is -2.44. The molecule has 27 heavy (non-hydrogen) atoms. The highest BCUT2D eigenvalue weighted by Crippen LogP contribution is 2.46. The van der Waals surface area contributed by atoms with Crippen molar-refractivity contribution in [2.75, 3.05) is 0 Å². The third kappa shape index (κ3) is 8.70. The first kappa shape index (κ1) is 24.0. The molecule has 4 atom stereocenters. The van der Waals surface area contributed by atoms with Crippen molar-refractivity contribution in [2.24, 2.45) is 23.7 Å². The number of ether oxygens (including phenoxy) is 2. The Morgan fingerprint density at radius 2 is 1.44 bits per heavy atom. The quantitative estimate of drug-likeness (QED) is 0.339. The van der Waals surface area contributed by atoms with E-state index >= 15 is 0 Å². The minimum Gasteiger partial charge on any atom is -0.493 e. The van der Waals surface area contributed by atoms with E-state index in [1.54, 1.807) is 0 Å². The van der Waals surface area contributed by atoms with Gasteiger partial charge in [-0.05, 0) is 84.5 Å². The van der Waals surface area contributed by atoms with Crippen LogP contribution in [0, 0.1) is 23.7 Å². The fraction of sp³-hybridized carbons (Fsp3) is 0.875. The third-order valence-corrected chi connectivity index (χ3v) is 5.72. The van der Waals surface area contributed by atoms with Crippen LogP contribution in [0.15, 0.2) is 12.3 Å². The number of carbonyl (C=O) groups is 1. The van der Waals surface area contributed by atoms with Crippen LogP contribution < -0.4 is 0 Å². The second-order valence-electron chi connectivity index (χ2n) is 10.3. The number of esters is 1. The van der Waals surface area contributed by atoms with E-state index in [1.165, 1.54) is 19.3 Å². The Kier molecular flexibility index (Phi) is 8.89. The van der Waals surface area contributed by atoms with Crippen LogP contribution in [0.3, 0.4) is 0 Å². The van der Waals surface area contributed by atoms with Crippen molar-refractivity contribution < 1.29 is 14.3 Å². The van der Waals surface area contributed by atoms with Gasteiger partial charge in [-0.3, -0.25) is 4.79 Å². The molecule has 4 unspecified atom stereocenters. The molecule has 0 radical (unpaired) electrons. The Labute approximate surface area is 168 Å². The minimum atomic E-state index is -0.397. The van der Waals surface area contributed by atoms with Crippen LogP contribution in [-0.2, 0) is 14.3 Å². The molecule has 3 nitrogen and oxygen atoms in total. The van der Waals surface area contributed by atoms with Crippen molar-refractivity contribution >= 4 is 5.97 Å². The molecule has 0 saturated heterocycles. The molecule has 0 N–H and O–H groups in total. The maximum Gasteiger partial charge on any atom is 0.306 e. The lowest BCUT2D eigenvalue weighted by molar-refractivity contribution is -0.155. The van der Waals surface area contributed by atoms with Gasteiger partial charge in [-0.2, -0.15) is 0 Å². The summed E-state index contributed by atoms with van der Waals surface area (Å²) in [5, 5.41) is 0. The summed E-state index contributed by atoms with van der Waals surface area (Å²) < 4.78 is 11.6. The van der Waals surface area contributed by atoms with Gasteiger partial charge in [0.2, 0.25) is 0 Å². The van der Waals surface area contributed by atoms with Crippen molar-refractivity contribution in [3.05, 3.63) is 12.3 Å². The zero-order valence-electron chi connectivity index (χ0n) is 19.2. The van der Waals surface area contributed by atoms with Crippen molar-refractivity contribution in [1.82, 2.24) is 0 Å². The smallest absolute Gasteiger partial charge is 0.306 e. The Bertz CT molecular complexity index is 481. The van der Waals surface area contributed by atoms with Crippen LogP contribution in [0.1, 0.15) is 100 Å². The highest BCUT2D eigenvalue weighted by Gasteiger charge is 2.38. The van der Waals surface area contributed by atoms with Gasteiger partial charge in [-0.15, -0.1) is 0 Å². The summed E-state index contributed by atoms with van der Waals surface area (Å²) in [6.45, 7) is 20.9. The van der Waals surface area contributed by atoms with E-state index in [0.717, 1.165) is 30.9 Å². The Morgan fingerprint density at radius 1 is 0.889 bits per heavy atom. The monoisotopic (exact) mass is 380 g/mol. The van der Waals surface area contributed by atoms with Gasteiger partial charge in [0.25, 0.3) is 0 Å². The molecular weight excluding hydrogens is 336 g/mol. The molecule has 0 bridgehead atoms. The topological polar surface area (TPSA) is 35.5 Å². The summed E-state index contributed by atoms with van der Waals surface area (Å²) in [6.07, 6.45) is 7.25.